The van der Waals surface area contributed by atoms with E-state index in [-0.39, 0.29) is 0 Å². The summed E-state index contributed by atoms with van der Waals surface area (Å²) >= 11 is 1.63. The number of hydrogen-bond acceptors (Lipinski definition) is 4. The first kappa shape index (κ1) is 11.1. The van der Waals surface area contributed by atoms with E-state index in [2.05, 4.69) is 4.98 Å². The molecule has 0 spiro atoms. The smallest absolute Gasteiger partial charge is 0.131 e. The quantitative estimate of drug-likeness (QED) is 0.884. The van der Waals surface area contributed by atoms with Gasteiger partial charge in [0.2, 0.25) is 0 Å². The van der Waals surface area contributed by atoms with Crippen molar-refractivity contribution in [3.8, 4) is 5.75 Å². The largest absolute Gasteiger partial charge is 0.487 e. The average molecular weight is 234 g/mol. The maximum Gasteiger partial charge on any atom is 0.131 e. The summed E-state index contributed by atoms with van der Waals surface area (Å²) < 4.78 is 5.69. The van der Waals surface area contributed by atoms with Gasteiger partial charge in [0.15, 0.2) is 0 Å². The van der Waals surface area contributed by atoms with Gasteiger partial charge in [-0.25, -0.2) is 4.98 Å². The minimum absolute atomic E-state index is 0.492. The molecule has 0 fully saturated rings. The number of benzene rings is 1. The van der Waals surface area contributed by atoms with Gasteiger partial charge in [0, 0.05) is 17.5 Å². The fourth-order valence-electron chi connectivity index (χ4n) is 1.44. The van der Waals surface area contributed by atoms with E-state index in [1.165, 1.54) is 0 Å². The third-order valence-electron chi connectivity index (χ3n) is 2.23. The molecule has 84 valence electrons. The highest BCUT2D eigenvalue weighted by molar-refractivity contribution is 7.09. The molecule has 0 amide bonds. The predicted molar refractivity (Wildman–Crippen MR) is 65.5 cm³/mol. The molecule has 1 aromatic carbocycles. The SMILES string of the molecule is Cc1nc(COc2ccccc2CN)cs1. The second-order valence-electron chi connectivity index (χ2n) is 3.46. The fourth-order valence-corrected chi connectivity index (χ4v) is 2.04. The lowest BCUT2D eigenvalue weighted by molar-refractivity contribution is 0.299. The van der Waals surface area contributed by atoms with Crippen LogP contribution in [0.15, 0.2) is 29.6 Å². The van der Waals surface area contributed by atoms with Crippen molar-refractivity contribution in [3.05, 3.63) is 45.9 Å². The van der Waals surface area contributed by atoms with Crippen LogP contribution in [0, 0.1) is 6.92 Å². The van der Waals surface area contributed by atoms with Crippen LogP contribution in [0.5, 0.6) is 5.75 Å². The van der Waals surface area contributed by atoms with E-state index in [1.807, 2.05) is 36.6 Å². The maximum atomic E-state index is 5.69. The minimum Gasteiger partial charge on any atom is -0.487 e. The fraction of sp³-hybridized carbons (Fsp3) is 0.250. The summed E-state index contributed by atoms with van der Waals surface area (Å²) in [6.45, 7) is 2.98. The summed E-state index contributed by atoms with van der Waals surface area (Å²) in [7, 11) is 0. The van der Waals surface area contributed by atoms with E-state index in [0.29, 0.717) is 13.2 Å². The molecule has 0 atom stereocenters. The molecule has 4 heteroatoms. The summed E-state index contributed by atoms with van der Waals surface area (Å²) in [6, 6.07) is 7.81. The number of hydrogen-bond donors (Lipinski definition) is 1. The highest BCUT2D eigenvalue weighted by atomic mass is 32.1. The third-order valence-corrected chi connectivity index (χ3v) is 3.06. The lowest BCUT2D eigenvalue weighted by atomic mass is 10.2. The van der Waals surface area contributed by atoms with Crippen molar-refractivity contribution < 1.29 is 4.74 Å². The Kier molecular flexibility index (Phi) is 3.54. The van der Waals surface area contributed by atoms with Crippen LogP contribution in [-0.2, 0) is 13.2 Å². The van der Waals surface area contributed by atoms with Crippen LogP contribution in [0.1, 0.15) is 16.3 Å². The molecule has 0 radical (unpaired) electrons. The van der Waals surface area contributed by atoms with E-state index in [4.69, 9.17) is 10.5 Å². The summed E-state index contributed by atoms with van der Waals surface area (Å²) in [6.07, 6.45) is 0. The van der Waals surface area contributed by atoms with Crippen LogP contribution in [0.25, 0.3) is 0 Å². The van der Waals surface area contributed by atoms with Crippen LogP contribution >= 0.6 is 11.3 Å². The molecular formula is C12H14N2OS. The first-order valence-corrected chi connectivity index (χ1v) is 5.99. The van der Waals surface area contributed by atoms with Crippen LogP contribution in [0.2, 0.25) is 0 Å². The first-order valence-electron chi connectivity index (χ1n) is 5.11. The molecule has 2 rings (SSSR count). The molecular weight excluding hydrogens is 220 g/mol. The van der Waals surface area contributed by atoms with Gasteiger partial charge in [0.05, 0.1) is 10.7 Å². The Morgan fingerprint density at radius 2 is 2.19 bits per heavy atom. The topological polar surface area (TPSA) is 48.1 Å². The Hall–Kier alpha value is -1.39. The molecule has 0 unspecified atom stereocenters. The monoisotopic (exact) mass is 234 g/mol. The van der Waals surface area contributed by atoms with Crippen molar-refractivity contribution in [2.75, 3.05) is 0 Å². The average Bonchev–Trinajstić information content (AvgIpc) is 2.73. The Morgan fingerprint density at radius 3 is 2.88 bits per heavy atom. The molecule has 3 nitrogen and oxygen atoms in total. The number of aromatic nitrogens is 1. The third kappa shape index (κ3) is 2.59. The lowest BCUT2D eigenvalue weighted by Crippen LogP contribution is -2.02. The maximum absolute atomic E-state index is 5.69. The molecule has 0 saturated heterocycles. The Morgan fingerprint density at radius 1 is 1.38 bits per heavy atom. The van der Waals surface area contributed by atoms with Crippen molar-refractivity contribution in [2.45, 2.75) is 20.1 Å². The predicted octanol–water partition coefficient (Wildman–Crippen LogP) is 2.49. The first-order chi connectivity index (χ1) is 7.79. The lowest BCUT2D eigenvalue weighted by Gasteiger charge is -2.08. The van der Waals surface area contributed by atoms with Crippen molar-refractivity contribution in [2.24, 2.45) is 5.73 Å². The summed E-state index contributed by atoms with van der Waals surface area (Å²) in [5, 5.41) is 3.08. The molecule has 1 heterocycles. The number of nitrogens with two attached hydrogens (primary N) is 1. The number of para-hydroxylation sites is 1. The standard InChI is InChI=1S/C12H14N2OS/c1-9-14-11(8-16-9)7-15-12-5-3-2-4-10(12)6-13/h2-5,8H,6-7,13H2,1H3. The van der Waals surface area contributed by atoms with Crippen molar-refractivity contribution in [3.63, 3.8) is 0 Å². The number of nitrogens with zero attached hydrogens (tertiary/aromatic N) is 1. The van der Waals surface area contributed by atoms with E-state index in [1.54, 1.807) is 11.3 Å². The van der Waals surface area contributed by atoms with Gasteiger partial charge < -0.3 is 10.5 Å². The number of aryl methyl sites for hydroxylation is 1. The molecule has 0 bridgehead atoms. The second kappa shape index (κ2) is 5.09. The molecule has 2 aromatic rings. The molecule has 0 saturated carbocycles. The van der Waals surface area contributed by atoms with Gasteiger partial charge in [0.25, 0.3) is 0 Å². The number of thiazole rings is 1. The van der Waals surface area contributed by atoms with Crippen LogP contribution < -0.4 is 10.5 Å². The molecule has 16 heavy (non-hydrogen) atoms. The highest BCUT2D eigenvalue weighted by Crippen LogP contribution is 2.19. The summed E-state index contributed by atoms with van der Waals surface area (Å²) in [5.41, 5.74) is 7.62. The van der Waals surface area contributed by atoms with Gasteiger partial charge in [-0.2, -0.15) is 0 Å². The summed E-state index contributed by atoms with van der Waals surface area (Å²) in [4.78, 5) is 4.34. The Labute approximate surface area is 98.9 Å². The Balaban J connectivity index is 2.04. The van der Waals surface area contributed by atoms with Gasteiger partial charge >= 0.3 is 0 Å². The molecule has 2 N–H and O–H groups in total. The normalized spacial score (nSPS) is 10.4. The second-order valence-corrected chi connectivity index (χ2v) is 4.52. The van der Waals surface area contributed by atoms with Crippen LogP contribution in [-0.4, -0.2) is 4.98 Å². The molecule has 1 aromatic heterocycles. The van der Waals surface area contributed by atoms with Crippen LogP contribution in [0.4, 0.5) is 0 Å². The number of ether oxygens (including phenoxy) is 1. The van der Waals surface area contributed by atoms with Crippen molar-refractivity contribution in [1.82, 2.24) is 4.98 Å². The van der Waals surface area contributed by atoms with Gasteiger partial charge in [-0.05, 0) is 13.0 Å². The van der Waals surface area contributed by atoms with Crippen LogP contribution in [0.3, 0.4) is 0 Å². The summed E-state index contributed by atoms with van der Waals surface area (Å²) in [5.74, 6) is 0.843. The van der Waals surface area contributed by atoms with Gasteiger partial charge in [0.1, 0.15) is 12.4 Å². The van der Waals surface area contributed by atoms with Crippen molar-refractivity contribution >= 4 is 11.3 Å². The highest BCUT2D eigenvalue weighted by Gasteiger charge is 2.03. The van der Waals surface area contributed by atoms with E-state index < -0.39 is 0 Å². The van der Waals surface area contributed by atoms with E-state index in [9.17, 15) is 0 Å². The molecule has 0 aliphatic heterocycles. The molecule has 0 aliphatic rings. The van der Waals surface area contributed by atoms with E-state index in [0.717, 1.165) is 22.0 Å². The minimum atomic E-state index is 0.492. The van der Waals surface area contributed by atoms with E-state index >= 15 is 0 Å². The Bertz CT molecular complexity index is 468. The van der Waals surface area contributed by atoms with Crippen molar-refractivity contribution in [1.29, 1.82) is 0 Å². The van der Waals surface area contributed by atoms with Gasteiger partial charge in [-0.3, -0.25) is 0 Å². The molecule has 0 aliphatic carbocycles. The zero-order chi connectivity index (χ0) is 11.4. The van der Waals surface area contributed by atoms with Gasteiger partial charge in [-0.15, -0.1) is 11.3 Å². The number of rotatable bonds is 4. The zero-order valence-electron chi connectivity index (χ0n) is 9.14. The zero-order valence-corrected chi connectivity index (χ0v) is 9.96. The van der Waals surface area contributed by atoms with Gasteiger partial charge in [-0.1, -0.05) is 18.2 Å².